The number of hydrogen-bond acceptors (Lipinski definition) is 6. The van der Waals surface area contributed by atoms with Crippen molar-refractivity contribution in [2.24, 2.45) is 5.73 Å². The van der Waals surface area contributed by atoms with E-state index in [-0.39, 0.29) is 41.7 Å². The number of amides is 3. The molecule has 1 fully saturated rings. The molecule has 14 heteroatoms. The molecule has 2 aromatic rings. The molecule has 1 aromatic heterocycles. The summed E-state index contributed by atoms with van der Waals surface area (Å²) in [6, 6.07) is 3.25. The van der Waals surface area contributed by atoms with Gasteiger partial charge in [0.1, 0.15) is 5.82 Å². The van der Waals surface area contributed by atoms with Gasteiger partial charge in [-0.1, -0.05) is 38.2 Å². The first kappa shape index (κ1) is 38.6. The summed E-state index contributed by atoms with van der Waals surface area (Å²) in [6.45, 7) is 5.68. The van der Waals surface area contributed by atoms with E-state index in [2.05, 4.69) is 15.2 Å². The fourth-order valence-electron chi connectivity index (χ4n) is 6.61. The Balaban J connectivity index is 1.49. The zero-order valence-electron chi connectivity index (χ0n) is 29.0. The van der Waals surface area contributed by atoms with E-state index < -0.39 is 34.6 Å². The molecule has 1 unspecified atom stereocenters. The van der Waals surface area contributed by atoms with Crippen LogP contribution in [0.15, 0.2) is 35.3 Å². The van der Waals surface area contributed by atoms with Crippen molar-refractivity contribution < 1.29 is 31.9 Å². The largest absolute Gasteiger partial charge is 0.417 e. The number of rotatable bonds is 14. The molecule has 0 saturated carbocycles. The van der Waals surface area contributed by atoms with E-state index >= 15 is 4.39 Å². The fourth-order valence-corrected chi connectivity index (χ4v) is 6.61. The van der Waals surface area contributed by atoms with Crippen molar-refractivity contribution in [3.63, 3.8) is 0 Å². The summed E-state index contributed by atoms with van der Waals surface area (Å²) in [7, 11) is 1.98. The van der Waals surface area contributed by atoms with Crippen LogP contribution in [0.4, 0.5) is 28.9 Å². The number of carbonyl (C=O) groups is 3. The molecule has 50 heavy (non-hydrogen) atoms. The lowest BCUT2D eigenvalue weighted by atomic mass is 9.96. The summed E-state index contributed by atoms with van der Waals surface area (Å²) >= 11 is 0. The van der Waals surface area contributed by atoms with Gasteiger partial charge in [-0.25, -0.2) is 4.39 Å². The Morgan fingerprint density at radius 2 is 1.58 bits per heavy atom. The Hall–Kier alpha value is -4.20. The molecule has 3 heterocycles. The minimum absolute atomic E-state index is 0.0187. The summed E-state index contributed by atoms with van der Waals surface area (Å²) < 4.78 is 57.3. The molecule has 0 radical (unpaired) electrons. The summed E-state index contributed by atoms with van der Waals surface area (Å²) in [5.74, 6) is -1.90. The molecule has 4 N–H and O–H groups in total. The normalized spacial score (nSPS) is 18.6. The Morgan fingerprint density at radius 3 is 2.16 bits per heavy atom. The number of halogens is 4. The van der Waals surface area contributed by atoms with Crippen LogP contribution in [-0.4, -0.2) is 77.8 Å². The van der Waals surface area contributed by atoms with Gasteiger partial charge in [0.25, 0.3) is 5.91 Å². The SMILES string of the molecule is CC1CN(c2cc(F)c(C3=CCN(C(=O)CCCCCCCCCC(N)=O)CC3)cc2NC(=O)c2c[nH]c(=O)cc2C(F)(F)F)C[C@@H](C)N1C. The number of likely N-dealkylation sites (N-methyl/N-ethyl adjacent to an activating group) is 1. The van der Waals surface area contributed by atoms with Crippen molar-refractivity contribution in [1.29, 1.82) is 0 Å². The molecule has 0 bridgehead atoms. The van der Waals surface area contributed by atoms with Gasteiger partial charge in [-0.15, -0.1) is 0 Å². The Morgan fingerprint density at radius 1 is 0.960 bits per heavy atom. The maximum atomic E-state index is 15.9. The number of nitrogens with zero attached hydrogens (tertiary/aromatic N) is 3. The number of aromatic nitrogens is 1. The molecule has 274 valence electrons. The van der Waals surface area contributed by atoms with Crippen LogP contribution in [0.2, 0.25) is 0 Å². The molecule has 0 aliphatic carbocycles. The standard InChI is InChI=1S/C36H48F4N6O4/c1-23-21-46(22-24(2)44(23)3)31-19-29(37)26(17-30(31)43-35(50)27-20-42-33(48)18-28(27)36(38,39)40)25-13-15-45(16-14-25)34(49)12-10-8-6-4-5-7-9-11-32(41)47/h13,17-20,23-24H,4-12,14-16,21-22H2,1-3H3,(H2,41,47)(H,42,48)(H,43,50)/t23-,24?/m1/s1. The van der Waals surface area contributed by atoms with Crippen molar-refractivity contribution in [1.82, 2.24) is 14.8 Å². The number of nitrogens with one attached hydrogen (secondary N) is 2. The Labute approximate surface area is 290 Å². The molecule has 4 rings (SSSR count). The van der Waals surface area contributed by atoms with Crippen molar-refractivity contribution in [3.05, 3.63) is 63.3 Å². The lowest BCUT2D eigenvalue weighted by Gasteiger charge is -2.44. The van der Waals surface area contributed by atoms with Gasteiger partial charge in [-0.3, -0.25) is 24.1 Å². The number of pyridine rings is 1. The number of piperazine rings is 1. The van der Waals surface area contributed by atoms with Gasteiger partial charge in [0.2, 0.25) is 17.4 Å². The van der Waals surface area contributed by atoms with Crippen LogP contribution in [0.25, 0.3) is 5.57 Å². The average Bonchev–Trinajstić information content (AvgIpc) is 3.06. The van der Waals surface area contributed by atoms with Gasteiger partial charge >= 0.3 is 6.18 Å². The van der Waals surface area contributed by atoms with Crippen LogP contribution in [0.1, 0.15) is 99.5 Å². The third kappa shape index (κ3) is 10.2. The van der Waals surface area contributed by atoms with E-state index in [9.17, 15) is 32.3 Å². The number of benzene rings is 1. The molecular weight excluding hydrogens is 656 g/mol. The lowest BCUT2D eigenvalue weighted by molar-refractivity contribution is -0.138. The van der Waals surface area contributed by atoms with Crippen molar-refractivity contribution in [2.45, 2.75) is 96.3 Å². The number of primary amides is 1. The second kappa shape index (κ2) is 17.1. The van der Waals surface area contributed by atoms with E-state index in [1.807, 2.05) is 25.8 Å². The summed E-state index contributed by atoms with van der Waals surface area (Å²) in [5, 5.41) is 2.59. The second-order valence-electron chi connectivity index (χ2n) is 13.5. The van der Waals surface area contributed by atoms with Crippen LogP contribution in [0.3, 0.4) is 0 Å². The van der Waals surface area contributed by atoms with Crippen LogP contribution in [-0.2, 0) is 15.8 Å². The molecule has 3 amide bonds. The highest BCUT2D eigenvalue weighted by atomic mass is 19.4. The van der Waals surface area contributed by atoms with Crippen LogP contribution in [0, 0.1) is 5.82 Å². The minimum Gasteiger partial charge on any atom is -0.370 e. The van der Waals surface area contributed by atoms with E-state index in [0.29, 0.717) is 56.2 Å². The van der Waals surface area contributed by atoms with E-state index in [0.717, 1.165) is 51.1 Å². The van der Waals surface area contributed by atoms with E-state index in [4.69, 9.17) is 5.73 Å². The second-order valence-corrected chi connectivity index (χ2v) is 13.5. The topological polar surface area (TPSA) is 132 Å². The molecular formula is C36H48F4N6O4. The van der Waals surface area contributed by atoms with Gasteiger partial charge in [0.15, 0.2) is 0 Å². The average molecular weight is 705 g/mol. The Bertz CT molecular complexity index is 1610. The maximum Gasteiger partial charge on any atom is 0.417 e. The van der Waals surface area contributed by atoms with Crippen molar-refractivity contribution in [2.75, 3.05) is 43.4 Å². The molecule has 1 aromatic carbocycles. The van der Waals surface area contributed by atoms with Crippen molar-refractivity contribution >= 4 is 34.7 Å². The highest BCUT2D eigenvalue weighted by Crippen LogP contribution is 2.37. The number of hydrogen-bond donors (Lipinski definition) is 3. The zero-order chi connectivity index (χ0) is 36.6. The third-order valence-electron chi connectivity index (χ3n) is 9.73. The minimum atomic E-state index is -4.95. The fraction of sp³-hybridized carbons (Fsp3) is 0.556. The molecule has 2 aliphatic rings. The van der Waals surface area contributed by atoms with Crippen molar-refractivity contribution in [3.8, 4) is 0 Å². The van der Waals surface area contributed by atoms with Gasteiger partial charge in [-0.05, 0) is 57.9 Å². The Kier molecular flexibility index (Phi) is 13.2. The number of aromatic amines is 1. The first-order valence-electron chi connectivity index (χ1n) is 17.3. The summed E-state index contributed by atoms with van der Waals surface area (Å²) in [5.41, 5.74) is 3.32. The number of anilines is 2. The van der Waals surface area contributed by atoms with E-state index in [1.165, 1.54) is 12.1 Å². The maximum absolute atomic E-state index is 15.9. The zero-order valence-corrected chi connectivity index (χ0v) is 29.0. The summed E-state index contributed by atoms with van der Waals surface area (Å²) in [4.78, 5) is 56.7. The molecule has 2 aliphatic heterocycles. The van der Waals surface area contributed by atoms with Crippen LogP contribution in [0.5, 0.6) is 0 Å². The predicted molar refractivity (Wildman–Crippen MR) is 185 cm³/mol. The van der Waals surface area contributed by atoms with Crippen LogP contribution >= 0.6 is 0 Å². The third-order valence-corrected chi connectivity index (χ3v) is 9.73. The van der Waals surface area contributed by atoms with Gasteiger partial charge in [0, 0.05) is 68.9 Å². The number of alkyl halides is 3. The smallest absolute Gasteiger partial charge is 0.370 e. The number of unbranched alkanes of at least 4 members (excludes halogenated alkanes) is 6. The highest BCUT2D eigenvalue weighted by Gasteiger charge is 2.36. The van der Waals surface area contributed by atoms with Crippen LogP contribution < -0.4 is 21.5 Å². The summed E-state index contributed by atoms with van der Waals surface area (Å²) in [6.07, 6.45) is 5.27. The molecule has 10 nitrogen and oxygen atoms in total. The number of nitrogens with two attached hydrogens (primary N) is 1. The lowest BCUT2D eigenvalue weighted by Crippen LogP contribution is -2.55. The first-order valence-corrected chi connectivity index (χ1v) is 17.3. The molecule has 1 saturated heterocycles. The van der Waals surface area contributed by atoms with Gasteiger partial charge in [-0.2, -0.15) is 13.2 Å². The van der Waals surface area contributed by atoms with E-state index in [1.54, 1.807) is 11.0 Å². The molecule has 2 atom stereocenters. The number of carbonyl (C=O) groups excluding carboxylic acids is 3. The highest BCUT2D eigenvalue weighted by molar-refractivity contribution is 6.07. The predicted octanol–water partition coefficient (Wildman–Crippen LogP) is 5.93. The first-order chi connectivity index (χ1) is 23.6. The molecule has 0 spiro atoms. The monoisotopic (exact) mass is 704 g/mol. The van der Waals surface area contributed by atoms with Gasteiger partial charge in [0.05, 0.1) is 22.5 Å². The quantitative estimate of drug-likeness (QED) is 0.165. The van der Waals surface area contributed by atoms with Gasteiger partial charge < -0.3 is 25.8 Å². The number of H-pyrrole nitrogens is 1.